The third-order valence-corrected chi connectivity index (χ3v) is 5.47. The molecule has 0 saturated heterocycles. The average molecular weight is 456 g/mol. The van der Waals surface area contributed by atoms with Crippen LogP contribution in [0.25, 0.3) is 5.57 Å². The quantitative estimate of drug-likeness (QED) is 0.436. The van der Waals surface area contributed by atoms with Crippen molar-refractivity contribution in [3.63, 3.8) is 0 Å². The number of halogens is 1. The highest BCUT2D eigenvalue weighted by atomic mass is 35.5. The minimum atomic E-state index is -0.396. The number of hydrogen-bond acceptors (Lipinski definition) is 5. The van der Waals surface area contributed by atoms with Gasteiger partial charge in [-0.25, -0.2) is 0 Å². The van der Waals surface area contributed by atoms with Crippen LogP contribution >= 0.6 is 11.6 Å². The Balaban J connectivity index is 1.97. The van der Waals surface area contributed by atoms with Gasteiger partial charge in [0, 0.05) is 43.1 Å². The maximum Gasteiger partial charge on any atom is 0.278 e. The van der Waals surface area contributed by atoms with E-state index in [4.69, 9.17) is 16.3 Å². The summed E-state index contributed by atoms with van der Waals surface area (Å²) in [5, 5.41) is 6.39. The zero-order valence-corrected chi connectivity index (χ0v) is 19.1. The average Bonchev–Trinajstić information content (AvgIpc) is 2.98. The van der Waals surface area contributed by atoms with E-state index in [1.54, 1.807) is 42.5 Å². The number of nitrogens with zero attached hydrogens (tertiary/aromatic N) is 1. The molecule has 0 bridgehead atoms. The second-order valence-corrected chi connectivity index (χ2v) is 7.77. The molecule has 0 fully saturated rings. The molecule has 0 saturated carbocycles. The summed E-state index contributed by atoms with van der Waals surface area (Å²) in [5.41, 5.74) is 3.08. The molecule has 32 heavy (non-hydrogen) atoms. The number of amides is 3. The number of imide groups is 1. The predicted molar refractivity (Wildman–Crippen MR) is 125 cm³/mol. The van der Waals surface area contributed by atoms with Gasteiger partial charge in [-0.1, -0.05) is 29.8 Å². The van der Waals surface area contributed by atoms with Gasteiger partial charge >= 0.3 is 0 Å². The molecule has 2 aromatic rings. The largest absolute Gasteiger partial charge is 0.382 e. The molecule has 3 amide bonds. The molecule has 1 heterocycles. The Kier molecular flexibility index (Phi) is 7.66. The highest BCUT2D eigenvalue weighted by molar-refractivity contribution is 6.36. The number of carbonyl (C=O) groups is 3. The topological polar surface area (TPSA) is 87.7 Å². The number of benzene rings is 2. The molecule has 2 N–H and O–H groups in total. The molecule has 168 valence electrons. The number of hydrogen-bond donors (Lipinski definition) is 2. The molecule has 1 aliphatic heterocycles. The fourth-order valence-electron chi connectivity index (χ4n) is 3.43. The van der Waals surface area contributed by atoms with Crippen LogP contribution in [0.2, 0.25) is 5.02 Å². The Bertz CT molecular complexity index is 1060. The summed E-state index contributed by atoms with van der Waals surface area (Å²) < 4.78 is 5.34. The van der Waals surface area contributed by atoms with E-state index < -0.39 is 5.91 Å². The SMILES string of the molecule is CCOCCCN1C(=O)C(Nc2cccc(Cl)c2C)=C(c2ccc(NC(C)=O)cc2)C1=O. The van der Waals surface area contributed by atoms with Gasteiger partial charge in [0.25, 0.3) is 11.8 Å². The molecular formula is C24H26ClN3O4. The number of carbonyl (C=O) groups excluding carboxylic acids is 3. The van der Waals surface area contributed by atoms with Crippen LogP contribution in [0.15, 0.2) is 48.2 Å². The molecular weight excluding hydrogens is 430 g/mol. The standard InChI is InChI=1S/C24H26ClN3O4/c1-4-32-14-6-13-28-23(30)21(17-9-11-18(12-10-17)26-16(3)29)22(24(28)31)27-20-8-5-7-19(25)15(20)2/h5,7-12,27H,4,6,13-14H2,1-3H3,(H,26,29). The zero-order valence-electron chi connectivity index (χ0n) is 18.3. The number of anilines is 2. The van der Waals surface area contributed by atoms with Crippen molar-refractivity contribution in [1.29, 1.82) is 0 Å². The van der Waals surface area contributed by atoms with Gasteiger partial charge in [-0.15, -0.1) is 0 Å². The highest BCUT2D eigenvalue weighted by Gasteiger charge is 2.39. The zero-order chi connectivity index (χ0) is 23.3. The van der Waals surface area contributed by atoms with Gasteiger partial charge in [0.1, 0.15) is 5.70 Å². The fraction of sp³-hybridized carbons (Fsp3) is 0.292. The van der Waals surface area contributed by atoms with Gasteiger partial charge < -0.3 is 15.4 Å². The second kappa shape index (κ2) is 10.4. The molecule has 2 aromatic carbocycles. The van der Waals surface area contributed by atoms with Crippen molar-refractivity contribution in [3.05, 3.63) is 64.3 Å². The lowest BCUT2D eigenvalue weighted by molar-refractivity contribution is -0.137. The summed E-state index contributed by atoms with van der Waals surface area (Å²) in [6.45, 7) is 6.45. The molecule has 1 aliphatic rings. The molecule has 3 rings (SSSR count). The van der Waals surface area contributed by atoms with E-state index in [2.05, 4.69) is 10.6 Å². The number of ether oxygens (including phenoxy) is 1. The minimum Gasteiger partial charge on any atom is -0.382 e. The number of rotatable bonds is 9. The maximum absolute atomic E-state index is 13.3. The summed E-state index contributed by atoms with van der Waals surface area (Å²) in [4.78, 5) is 39.0. The van der Waals surface area contributed by atoms with Gasteiger partial charge in [-0.05, 0) is 55.7 Å². The van der Waals surface area contributed by atoms with Crippen LogP contribution in [-0.2, 0) is 19.1 Å². The lowest BCUT2D eigenvalue weighted by atomic mass is 10.0. The third-order valence-electron chi connectivity index (χ3n) is 5.06. The molecule has 0 radical (unpaired) electrons. The maximum atomic E-state index is 13.3. The Morgan fingerprint density at radius 1 is 1.09 bits per heavy atom. The van der Waals surface area contributed by atoms with E-state index in [1.165, 1.54) is 11.8 Å². The van der Waals surface area contributed by atoms with Crippen molar-refractivity contribution < 1.29 is 19.1 Å². The Morgan fingerprint density at radius 3 is 2.47 bits per heavy atom. The van der Waals surface area contributed by atoms with Crippen molar-refractivity contribution in [2.24, 2.45) is 0 Å². The summed E-state index contributed by atoms with van der Waals surface area (Å²) >= 11 is 6.24. The predicted octanol–water partition coefficient (Wildman–Crippen LogP) is 4.23. The van der Waals surface area contributed by atoms with E-state index >= 15 is 0 Å². The third kappa shape index (κ3) is 5.18. The lowest BCUT2D eigenvalue weighted by Gasteiger charge is -2.15. The molecule has 0 atom stereocenters. The van der Waals surface area contributed by atoms with Crippen LogP contribution in [0.1, 0.15) is 31.4 Å². The smallest absolute Gasteiger partial charge is 0.278 e. The van der Waals surface area contributed by atoms with Crippen molar-refractivity contribution in [2.75, 3.05) is 30.4 Å². The highest BCUT2D eigenvalue weighted by Crippen LogP contribution is 2.33. The first-order chi connectivity index (χ1) is 15.3. The van der Waals surface area contributed by atoms with Crippen LogP contribution in [0, 0.1) is 6.92 Å². The van der Waals surface area contributed by atoms with Gasteiger partial charge in [0.05, 0.1) is 5.57 Å². The Hall–Kier alpha value is -3.16. The van der Waals surface area contributed by atoms with Crippen LogP contribution in [-0.4, -0.2) is 42.4 Å². The van der Waals surface area contributed by atoms with Crippen LogP contribution in [0.3, 0.4) is 0 Å². The van der Waals surface area contributed by atoms with Crippen LogP contribution < -0.4 is 10.6 Å². The van der Waals surface area contributed by atoms with E-state index in [-0.39, 0.29) is 29.6 Å². The van der Waals surface area contributed by atoms with Crippen LogP contribution in [0.4, 0.5) is 11.4 Å². The van der Waals surface area contributed by atoms with Crippen molar-refractivity contribution >= 4 is 46.3 Å². The summed E-state index contributed by atoms with van der Waals surface area (Å²) in [6.07, 6.45) is 0.545. The Morgan fingerprint density at radius 2 is 1.81 bits per heavy atom. The van der Waals surface area contributed by atoms with Gasteiger partial charge in [-0.3, -0.25) is 19.3 Å². The first-order valence-electron chi connectivity index (χ1n) is 10.4. The van der Waals surface area contributed by atoms with E-state index in [9.17, 15) is 14.4 Å². The first-order valence-corrected chi connectivity index (χ1v) is 10.8. The fourth-order valence-corrected chi connectivity index (χ4v) is 3.61. The normalized spacial score (nSPS) is 13.7. The monoisotopic (exact) mass is 455 g/mol. The molecule has 0 unspecified atom stereocenters. The molecule has 7 nitrogen and oxygen atoms in total. The Labute approximate surface area is 192 Å². The molecule has 8 heteroatoms. The van der Waals surface area contributed by atoms with Crippen molar-refractivity contribution in [1.82, 2.24) is 4.90 Å². The van der Waals surface area contributed by atoms with Gasteiger partial charge in [0.2, 0.25) is 5.91 Å². The molecule has 0 aromatic heterocycles. The van der Waals surface area contributed by atoms with Gasteiger partial charge in [0.15, 0.2) is 0 Å². The first kappa shape index (κ1) is 23.5. The summed E-state index contributed by atoms with van der Waals surface area (Å²) in [7, 11) is 0. The van der Waals surface area contributed by atoms with E-state index in [0.717, 1.165) is 5.56 Å². The van der Waals surface area contributed by atoms with Crippen molar-refractivity contribution in [2.45, 2.75) is 27.2 Å². The van der Waals surface area contributed by atoms with Crippen molar-refractivity contribution in [3.8, 4) is 0 Å². The van der Waals surface area contributed by atoms with Gasteiger partial charge in [-0.2, -0.15) is 0 Å². The number of nitrogens with one attached hydrogen (secondary N) is 2. The van der Waals surface area contributed by atoms with E-state index in [1.807, 2.05) is 13.8 Å². The lowest BCUT2D eigenvalue weighted by Crippen LogP contribution is -2.34. The summed E-state index contributed by atoms with van der Waals surface area (Å²) in [5.74, 6) is -0.962. The minimum absolute atomic E-state index is 0.191. The van der Waals surface area contributed by atoms with E-state index in [0.29, 0.717) is 41.6 Å². The second-order valence-electron chi connectivity index (χ2n) is 7.36. The van der Waals surface area contributed by atoms with Crippen LogP contribution in [0.5, 0.6) is 0 Å². The molecule has 0 spiro atoms. The summed E-state index contributed by atoms with van der Waals surface area (Å²) in [6, 6.07) is 12.2. The molecule has 0 aliphatic carbocycles.